The first-order valence-electron chi connectivity index (χ1n) is 12.2. The minimum atomic E-state index is -2.93. The fourth-order valence-electron chi connectivity index (χ4n) is 6.02. The topological polar surface area (TPSA) is 73.7 Å². The third kappa shape index (κ3) is 3.95. The summed E-state index contributed by atoms with van der Waals surface area (Å²) in [5, 5.41) is 7.03. The normalized spacial score (nSPS) is 30.9. The van der Waals surface area contributed by atoms with Gasteiger partial charge in [-0.1, -0.05) is 0 Å². The van der Waals surface area contributed by atoms with Crippen LogP contribution in [-0.2, 0) is 22.7 Å². The minimum absolute atomic E-state index is 0.115. The Balaban J connectivity index is 1.36. The van der Waals surface area contributed by atoms with Crippen molar-refractivity contribution >= 4 is 11.8 Å². The van der Waals surface area contributed by atoms with E-state index in [0.717, 1.165) is 44.6 Å². The van der Waals surface area contributed by atoms with Crippen LogP contribution in [0.1, 0.15) is 44.6 Å². The Hall–Kier alpha value is -2.07. The molecule has 6 rings (SSSR count). The molecule has 1 N–H and O–H groups in total. The summed E-state index contributed by atoms with van der Waals surface area (Å²) in [7, 11) is 2.06. The largest absolute Gasteiger partial charge is 0.350 e. The number of amides is 2. The second kappa shape index (κ2) is 8.30. The number of rotatable bonds is 6. The molecule has 0 radical (unpaired) electrons. The lowest BCUT2D eigenvalue weighted by atomic mass is 9.71. The molecule has 1 aromatic heterocycles. The Labute approximate surface area is 193 Å². The molecule has 3 atom stereocenters. The van der Waals surface area contributed by atoms with E-state index in [-0.39, 0.29) is 25.3 Å². The summed E-state index contributed by atoms with van der Waals surface area (Å²) in [6.45, 7) is 6.24. The van der Waals surface area contributed by atoms with Gasteiger partial charge in [0.15, 0.2) is 0 Å². The molecule has 5 fully saturated rings. The van der Waals surface area contributed by atoms with E-state index < -0.39 is 35.4 Å². The van der Waals surface area contributed by atoms with Crippen LogP contribution in [0.5, 0.6) is 0 Å². The third-order valence-electron chi connectivity index (χ3n) is 8.15. The summed E-state index contributed by atoms with van der Waals surface area (Å²) >= 11 is 0. The second-order valence-electron chi connectivity index (χ2n) is 10.2. The number of alkyl halides is 2. The number of carbonyl (C=O) groups excluding carboxylic acids is 2. The van der Waals surface area contributed by atoms with E-state index in [1.54, 1.807) is 15.8 Å². The van der Waals surface area contributed by atoms with Crippen LogP contribution in [0, 0.1) is 5.92 Å². The van der Waals surface area contributed by atoms with Crippen LogP contribution < -0.4 is 5.32 Å². The predicted molar refractivity (Wildman–Crippen MR) is 117 cm³/mol. The summed E-state index contributed by atoms with van der Waals surface area (Å²) in [6, 6.07) is -1.70. The Morgan fingerprint density at radius 1 is 1.18 bits per heavy atom. The smallest absolute Gasteiger partial charge is 0.255 e. The van der Waals surface area contributed by atoms with Gasteiger partial charge >= 0.3 is 0 Å². The number of piperazine rings is 1. The molecule has 2 aliphatic carbocycles. The molecule has 2 unspecified atom stereocenters. The third-order valence-corrected chi connectivity index (χ3v) is 8.15. The lowest BCUT2D eigenvalue weighted by Gasteiger charge is -2.55. The first kappa shape index (κ1) is 22.7. The van der Waals surface area contributed by atoms with Gasteiger partial charge in [0.2, 0.25) is 11.8 Å². The van der Waals surface area contributed by atoms with Crippen molar-refractivity contribution in [3.8, 4) is 0 Å². The lowest BCUT2D eigenvalue weighted by molar-refractivity contribution is -0.197. The maximum absolute atomic E-state index is 14.9. The van der Waals surface area contributed by atoms with Crippen molar-refractivity contribution in [2.45, 2.75) is 75.7 Å². The van der Waals surface area contributed by atoms with Crippen LogP contribution in [-0.4, -0.2) is 93.1 Å². The van der Waals surface area contributed by atoms with Crippen molar-refractivity contribution < 1.29 is 18.4 Å². The van der Waals surface area contributed by atoms with Gasteiger partial charge < -0.3 is 15.1 Å². The van der Waals surface area contributed by atoms with Crippen molar-refractivity contribution in [1.82, 2.24) is 29.8 Å². The second-order valence-corrected chi connectivity index (χ2v) is 10.2. The molecule has 1 aromatic rings. The van der Waals surface area contributed by atoms with Gasteiger partial charge in [0.25, 0.3) is 5.92 Å². The van der Waals surface area contributed by atoms with E-state index in [2.05, 4.69) is 27.3 Å². The number of nitrogens with one attached hydrogen (secondary N) is 1. The van der Waals surface area contributed by atoms with E-state index in [1.807, 2.05) is 13.1 Å². The number of hydrogen-bond acceptors (Lipinski definition) is 5. The maximum Gasteiger partial charge on any atom is 0.255 e. The molecule has 10 heteroatoms. The van der Waals surface area contributed by atoms with E-state index in [1.165, 1.54) is 0 Å². The van der Waals surface area contributed by atoms with Crippen LogP contribution in [0.15, 0.2) is 12.4 Å². The molecule has 4 heterocycles. The number of fused-ring (bicyclic) bond motifs is 3. The van der Waals surface area contributed by atoms with Gasteiger partial charge in [-0.15, -0.1) is 0 Å². The van der Waals surface area contributed by atoms with Gasteiger partial charge in [0.1, 0.15) is 11.6 Å². The van der Waals surface area contributed by atoms with Crippen LogP contribution in [0.3, 0.4) is 0 Å². The highest BCUT2D eigenvalue weighted by molar-refractivity contribution is 5.95. The molecule has 3 aliphatic heterocycles. The molecule has 33 heavy (non-hydrogen) atoms. The Kier molecular flexibility index (Phi) is 5.71. The number of halogens is 2. The zero-order chi connectivity index (χ0) is 23.4. The molecule has 0 aromatic carbocycles. The minimum Gasteiger partial charge on any atom is -0.350 e. The van der Waals surface area contributed by atoms with Gasteiger partial charge in [-0.2, -0.15) is 5.10 Å². The highest BCUT2D eigenvalue weighted by atomic mass is 19.3. The van der Waals surface area contributed by atoms with E-state index in [0.29, 0.717) is 13.0 Å². The summed E-state index contributed by atoms with van der Waals surface area (Å²) in [5.74, 6) is -4.65. The monoisotopic (exact) mass is 464 g/mol. The maximum atomic E-state index is 14.9. The molecule has 5 aliphatic rings. The number of aryl methyl sites for hydroxylation is 1. The van der Waals surface area contributed by atoms with Crippen LogP contribution in [0.4, 0.5) is 8.78 Å². The Bertz CT molecular complexity index is 909. The molecule has 2 saturated carbocycles. The SMILES string of the molecule is CCn1cc(CNC(=O)[C@@H]2C3CCC(CC3(F)F)N2C(=O)C2(N3CCN(C)CC3)CC2)cn1. The van der Waals surface area contributed by atoms with E-state index in [9.17, 15) is 18.4 Å². The summed E-state index contributed by atoms with van der Waals surface area (Å²) < 4.78 is 31.6. The molecule has 3 saturated heterocycles. The van der Waals surface area contributed by atoms with Gasteiger partial charge in [-0.3, -0.25) is 19.2 Å². The highest BCUT2D eigenvalue weighted by Crippen LogP contribution is 2.52. The summed E-state index contributed by atoms with van der Waals surface area (Å²) in [6.07, 6.45) is 5.45. The summed E-state index contributed by atoms with van der Waals surface area (Å²) in [4.78, 5) is 33.3. The number of carbonyl (C=O) groups is 2. The van der Waals surface area contributed by atoms with Crippen molar-refractivity contribution in [2.24, 2.45) is 5.92 Å². The first-order valence-corrected chi connectivity index (χ1v) is 12.2. The molecular formula is C23H34F2N6O2. The number of hydrogen-bond donors (Lipinski definition) is 1. The molecule has 182 valence electrons. The lowest BCUT2D eigenvalue weighted by Crippen LogP contribution is -2.71. The van der Waals surface area contributed by atoms with Crippen molar-refractivity contribution in [2.75, 3.05) is 33.2 Å². The van der Waals surface area contributed by atoms with Gasteiger partial charge in [-0.05, 0) is 39.7 Å². The van der Waals surface area contributed by atoms with Crippen molar-refractivity contribution in [3.05, 3.63) is 18.0 Å². The van der Waals surface area contributed by atoms with Gasteiger partial charge in [-0.25, -0.2) is 8.78 Å². The molecule has 2 bridgehead atoms. The highest BCUT2D eigenvalue weighted by Gasteiger charge is 2.65. The molecule has 0 spiro atoms. The standard InChI is InChI=1S/C23H34F2N6O2/c1-3-30-15-16(14-27-30)13-26-20(32)19-18-5-4-17(12-23(18,24)25)31(19)21(33)22(6-7-22)29-10-8-28(2)9-11-29/h14-15,17-19H,3-13H2,1-2H3,(H,26,32)/t17?,18?,19-/m0/s1. The number of nitrogens with zero attached hydrogens (tertiary/aromatic N) is 5. The summed E-state index contributed by atoms with van der Waals surface area (Å²) in [5.41, 5.74) is 0.196. The van der Waals surface area contributed by atoms with Crippen molar-refractivity contribution in [1.29, 1.82) is 0 Å². The van der Waals surface area contributed by atoms with Crippen molar-refractivity contribution in [3.63, 3.8) is 0 Å². The van der Waals surface area contributed by atoms with Gasteiger partial charge in [0, 0.05) is 63.5 Å². The van der Waals surface area contributed by atoms with E-state index in [4.69, 9.17) is 0 Å². The number of aromatic nitrogens is 2. The van der Waals surface area contributed by atoms with Gasteiger partial charge in [0.05, 0.1) is 12.1 Å². The predicted octanol–water partition coefficient (Wildman–Crippen LogP) is 1.31. The first-order chi connectivity index (χ1) is 15.7. The zero-order valence-corrected chi connectivity index (χ0v) is 19.5. The quantitative estimate of drug-likeness (QED) is 0.688. The number of piperidine rings is 2. The average Bonchev–Trinajstić information content (AvgIpc) is 3.47. The van der Waals surface area contributed by atoms with E-state index >= 15 is 0 Å². The fourth-order valence-corrected chi connectivity index (χ4v) is 6.02. The van der Waals surface area contributed by atoms with Crippen LogP contribution in [0.2, 0.25) is 0 Å². The van der Waals surface area contributed by atoms with Crippen LogP contribution in [0.25, 0.3) is 0 Å². The molecule has 8 nitrogen and oxygen atoms in total. The Morgan fingerprint density at radius 2 is 1.91 bits per heavy atom. The molecular weight excluding hydrogens is 430 g/mol. The fraction of sp³-hybridized carbons (Fsp3) is 0.783. The zero-order valence-electron chi connectivity index (χ0n) is 19.5. The Morgan fingerprint density at radius 3 is 2.52 bits per heavy atom. The molecule has 2 amide bonds. The van der Waals surface area contributed by atoms with Crippen LogP contribution >= 0.6 is 0 Å². The average molecular weight is 465 g/mol. The number of likely N-dealkylation sites (N-methyl/N-ethyl adjacent to an activating group) is 1.